The van der Waals surface area contributed by atoms with Gasteiger partial charge in [-0.05, 0) is 62.6 Å². The van der Waals surface area contributed by atoms with E-state index in [2.05, 4.69) is 56.1 Å². The van der Waals surface area contributed by atoms with Gasteiger partial charge in [0.2, 0.25) is 0 Å². The molecule has 2 aromatic rings. The maximum absolute atomic E-state index is 12.5. The quantitative estimate of drug-likeness (QED) is 0.586. The molecule has 1 amide bonds. The molecule has 0 radical (unpaired) electrons. The van der Waals surface area contributed by atoms with Gasteiger partial charge < -0.3 is 10.2 Å². The fourth-order valence-electron chi connectivity index (χ4n) is 3.96. The lowest BCUT2D eigenvalue weighted by Crippen LogP contribution is -2.44. The van der Waals surface area contributed by atoms with Gasteiger partial charge in [0.05, 0.1) is 5.54 Å². The minimum atomic E-state index is -0.363. The van der Waals surface area contributed by atoms with Gasteiger partial charge in [-0.15, -0.1) is 0 Å². The fraction of sp³-hybridized carbons (Fsp3) is 0.280. The maximum Gasteiger partial charge on any atom is 0.262 e. The van der Waals surface area contributed by atoms with E-state index >= 15 is 0 Å². The Morgan fingerprint density at radius 1 is 1.21 bits per heavy atom. The molecule has 0 atom stereocenters. The van der Waals surface area contributed by atoms with E-state index in [1.54, 1.807) is 6.08 Å². The number of nitrogens with one attached hydrogen (secondary N) is 1. The molecule has 0 aromatic heterocycles. The van der Waals surface area contributed by atoms with Crippen molar-refractivity contribution in [3.63, 3.8) is 0 Å². The van der Waals surface area contributed by atoms with Crippen LogP contribution in [0, 0.1) is 11.3 Å². The standard InChI is InChI=1S/C25H27N3O/c1-5-28-23-12-11-20(14-22(23)18(2)15-25(28,3)4)13-21(16-26)24(29)27-17-19-9-7-6-8-10-19/h6-15H,5,17H2,1-4H3,(H,27,29)/b21-13+. The Labute approximate surface area is 173 Å². The molecule has 0 spiro atoms. The number of benzene rings is 2. The van der Waals surface area contributed by atoms with Crippen molar-refractivity contribution in [3.8, 4) is 6.07 Å². The third-order valence-electron chi connectivity index (χ3n) is 5.29. The largest absolute Gasteiger partial charge is 0.363 e. The molecule has 1 N–H and O–H groups in total. The van der Waals surface area contributed by atoms with Crippen molar-refractivity contribution >= 4 is 23.2 Å². The number of fused-ring (bicyclic) bond motifs is 1. The van der Waals surface area contributed by atoms with Gasteiger partial charge >= 0.3 is 0 Å². The van der Waals surface area contributed by atoms with Crippen molar-refractivity contribution in [2.45, 2.75) is 39.8 Å². The lowest BCUT2D eigenvalue weighted by Gasteiger charge is -2.42. The van der Waals surface area contributed by atoms with E-state index in [0.717, 1.165) is 23.2 Å². The summed E-state index contributed by atoms with van der Waals surface area (Å²) in [5.41, 5.74) is 5.43. The molecule has 1 heterocycles. The summed E-state index contributed by atoms with van der Waals surface area (Å²) in [4.78, 5) is 14.8. The molecule has 0 aliphatic carbocycles. The van der Waals surface area contributed by atoms with Crippen molar-refractivity contribution < 1.29 is 4.79 Å². The highest BCUT2D eigenvalue weighted by molar-refractivity contribution is 6.01. The lowest BCUT2D eigenvalue weighted by molar-refractivity contribution is -0.117. The Kier molecular flexibility index (Phi) is 5.89. The molecule has 29 heavy (non-hydrogen) atoms. The van der Waals surface area contributed by atoms with E-state index in [0.29, 0.717) is 6.54 Å². The van der Waals surface area contributed by atoms with Crippen molar-refractivity contribution in [1.82, 2.24) is 5.32 Å². The second-order valence-electron chi connectivity index (χ2n) is 7.84. The van der Waals surface area contributed by atoms with Crippen molar-refractivity contribution in [2.75, 3.05) is 11.4 Å². The first-order chi connectivity index (χ1) is 13.9. The molecule has 0 saturated heterocycles. The van der Waals surface area contributed by atoms with Crippen LogP contribution in [0.5, 0.6) is 0 Å². The molecular weight excluding hydrogens is 358 g/mol. The van der Waals surface area contributed by atoms with Crippen LogP contribution in [0.15, 0.2) is 60.2 Å². The highest BCUT2D eigenvalue weighted by Crippen LogP contribution is 2.39. The zero-order chi connectivity index (χ0) is 21.0. The fourth-order valence-corrected chi connectivity index (χ4v) is 3.96. The summed E-state index contributed by atoms with van der Waals surface area (Å²) in [5.74, 6) is -0.363. The molecular formula is C25H27N3O. The zero-order valence-corrected chi connectivity index (χ0v) is 17.5. The van der Waals surface area contributed by atoms with Crippen LogP contribution in [0.25, 0.3) is 11.6 Å². The highest BCUT2D eigenvalue weighted by atomic mass is 16.1. The molecule has 1 aliphatic rings. The van der Waals surface area contributed by atoms with Crippen LogP contribution in [0.3, 0.4) is 0 Å². The average molecular weight is 386 g/mol. The summed E-state index contributed by atoms with van der Waals surface area (Å²) in [6, 6.07) is 17.8. The maximum atomic E-state index is 12.5. The monoisotopic (exact) mass is 385 g/mol. The van der Waals surface area contributed by atoms with Gasteiger partial charge in [0, 0.05) is 24.3 Å². The van der Waals surface area contributed by atoms with Crippen LogP contribution >= 0.6 is 0 Å². The van der Waals surface area contributed by atoms with Crippen molar-refractivity contribution in [1.29, 1.82) is 5.26 Å². The smallest absolute Gasteiger partial charge is 0.262 e. The Bertz CT molecular complexity index is 1010. The number of hydrogen-bond acceptors (Lipinski definition) is 3. The van der Waals surface area contributed by atoms with Crippen LogP contribution in [0.2, 0.25) is 0 Å². The first kappa shape index (κ1) is 20.4. The Morgan fingerprint density at radius 2 is 1.93 bits per heavy atom. The third kappa shape index (κ3) is 4.41. The van der Waals surface area contributed by atoms with Crippen LogP contribution in [-0.4, -0.2) is 18.0 Å². The molecule has 0 bridgehead atoms. The lowest BCUT2D eigenvalue weighted by atomic mass is 9.88. The predicted octanol–water partition coefficient (Wildman–Crippen LogP) is 4.93. The second-order valence-corrected chi connectivity index (χ2v) is 7.84. The molecule has 0 saturated carbocycles. The summed E-state index contributed by atoms with van der Waals surface area (Å²) in [6.45, 7) is 9.98. The number of anilines is 1. The van der Waals surface area contributed by atoms with Crippen molar-refractivity contribution in [3.05, 3.63) is 76.9 Å². The van der Waals surface area contributed by atoms with E-state index in [9.17, 15) is 10.1 Å². The average Bonchev–Trinajstić information content (AvgIpc) is 2.71. The number of carbonyl (C=O) groups is 1. The third-order valence-corrected chi connectivity index (χ3v) is 5.29. The molecule has 4 heteroatoms. The van der Waals surface area contributed by atoms with E-state index < -0.39 is 0 Å². The van der Waals surface area contributed by atoms with Crippen LogP contribution in [0.1, 0.15) is 44.4 Å². The molecule has 0 unspecified atom stereocenters. The number of hydrogen-bond donors (Lipinski definition) is 1. The van der Waals surface area contributed by atoms with E-state index in [4.69, 9.17) is 0 Å². The molecule has 1 aliphatic heterocycles. The van der Waals surface area contributed by atoms with Crippen LogP contribution in [0.4, 0.5) is 5.69 Å². The number of rotatable bonds is 5. The molecule has 3 rings (SSSR count). The minimum absolute atomic E-state index is 0.0433. The Morgan fingerprint density at radius 3 is 2.59 bits per heavy atom. The minimum Gasteiger partial charge on any atom is -0.363 e. The number of likely N-dealkylation sites (N-methyl/N-ethyl adjacent to an activating group) is 1. The highest BCUT2D eigenvalue weighted by Gasteiger charge is 2.30. The van der Waals surface area contributed by atoms with E-state index in [1.165, 1.54) is 11.3 Å². The number of nitrogens with zero attached hydrogens (tertiary/aromatic N) is 2. The molecule has 148 valence electrons. The Balaban J connectivity index is 1.85. The summed E-state index contributed by atoms with van der Waals surface area (Å²) in [6.07, 6.45) is 3.92. The van der Waals surface area contributed by atoms with Gasteiger partial charge in [-0.2, -0.15) is 5.26 Å². The topological polar surface area (TPSA) is 56.1 Å². The van der Waals surface area contributed by atoms with Gasteiger partial charge in [0.25, 0.3) is 5.91 Å². The number of carbonyl (C=O) groups excluding carboxylic acids is 1. The SMILES string of the molecule is CCN1c2ccc(/C=C(\C#N)C(=O)NCc3ccccc3)cc2C(C)=CC1(C)C. The number of amides is 1. The summed E-state index contributed by atoms with van der Waals surface area (Å²) in [7, 11) is 0. The van der Waals surface area contributed by atoms with Gasteiger partial charge in [-0.1, -0.05) is 42.5 Å². The summed E-state index contributed by atoms with van der Waals surface area (Å²) >= 11 is 0. The van der Waals surface area contributed by atoms with Gasteiger partial charge in [-0.3, -0.25) is 4.79 Å². The second kappa shape index (κ2) is 8.36. The summed E-state index contributed by atoms with van der Waals surface area (Å²) in [5, 5.41) is 12.3. The van der Waals surface area contributed by atoms with Gasteiger partial charge in [0.1, 0.15) is 11.6 Å². The van der Waals surface area contributed by atoms with Crippen LogP contribution < -0.4 is 10.2 Å². The number of allylic oxidation sites excluding steroid dienone is 1. The molecule has 2 aromatic carbocycles. The van der Waals surface area contributed by atoms with Crippen molar-refractivity contribution in [2.24, 2.45) is 0 Å². The van der Waals surface area contributed by atoms with E-state index in [1.807, 2.05) is 42.5 Å². The van der Waals surface area contributed by atoms with Gasteiger partial charge in [0.15, 0.2) is 0 Å². The molecule has 4 nitrogen and oxygen atoms in total. The predicted molar refractivity (Wildman–Crippen MR) is 119 cm³/mol. The van der Waals surface area contributed by atoms with E-state index in [-0.39, 0.29) is 17.0 Å². The van der Waals surface area contributed by atoms with Crippen LogP contribution in [-0.2, 0) is 11.3 Å². The Hall–Kier alpha value is -3.32. The summed E-state index contributed by atoms with van der Waals surface area (Å²) < 4.78 is 0. The number of nitriles is 1. The van der Waals surface area contributed by atoms with Gasteiger partial charge in [-0.25, -0.2) is 0 Å². The zero-order valence-electron chi connectivity index (χ0n) is 17.5. The normalized spacial score (nSPS) is 15.2. The first-order valence-electron chi connectivity index (χ1n) is 9.91. The molecule has 0 fully saturated rings. The first-order valence-corrected chi connectivity index (χ1v) is 9.91.